The maximum Gasteiger partial charge on any atom is 0.265 e. The van der Waals surface area contributed by atoms with Gasteiger partial charge in [0.25, 0.3) is 18.1 Å². The molecule has 2 amide bonds. The predicted molar refractivity (Wildman–Crippen MR) is 130 cm³/mol. The highest BCUT2D eigenvalue weighted by molar-refractivity contribution is 9.10. The van der Waals surface area contributed by atoms with Crippen LogP contribution in [-0.2, 0) is 13.1 Å². The predicted octanol–water partition coefficient (Wildman–Crippen LogP) is 2.13. The van der Waals surface area contributed by atoms with Gasteiger partial charge >= 0.3 is 0 Å². The lowest BCUT2D eigenvalue weighted by molar-refractivity contribution is -0.689. The van der Waals surface area contributed by atoms with Gasteiger partial charge in [-0.2, -0.15) is 0 Å². The summed E-state index contributed by atoms with van der Waals surface area (Å²) in [6.45, 7) is 1.44. The molecule has 1 aliphatic rings. The molecule has 0 radical (unpaired) electrons. The third kappa shape index (κ3) is 4.64. The second kappa shape index (κ2) is 10.2. The average molecular weight is 625 g/mol. The van der Waals surface area contributed by atoms with Gasteiger partial charge in [-0.15, -0.1) is 4.68 Å². The van der Waals surface area contributed by atoms with E-state index in [-0.39, 0.29) is 28.8 Å². The summed E-state index contributed by atoms with van der Waals surface area (Å²) in [6.07, 6.45) is 4.18. The van der Waals surface area contributed by atoms with Crippen molar-refractivity contribution in [3.8, 4) is 0 Å². The minimum absolute atomic E-state index is 0. The standard InChI is InChI=1S/C24H18BrCl2N4O2.BrH/c25-20-8-7-19-22-17(20)3-1-4-18(22)23(32)31(24(19)33)10-2-9-30-14-29(13-28-30)12-15-5-6-16(26)11-21(15)27;/h1,3-8,11,13-14H,2,9-10,12H2;1H/q+1;/p-1. The summed E-state index contributed by atoms with van der Waals surface area (Å²) >= 11 is 15.7. The van der Waals surface area contributed by atoms with Crippen molar-refractivity contribution < 1.29 is 31.1 Å². The normalized spacial score (nSPS) is 12.9. The highest BCUT2D eigenvalue weighted by Gasteiger charge is 2.32. The Morgan fingerprint density at radius 2 is 1.74 bits per heavy atom. The number of nitrogens with zero attached hydrogens (tertiary/aromatic N) is 4. The topological polar surface area (TPSA) is 59.1 Å². The molecule has 0 spiro atoms. The van der Waals surface area contributed by atoms with Crippen molar-refractivity contribution >= 4 is 61.7 Å². The summed E-state index contributed by atoms with van der Waals surface area (Å²) in [6, 6.07) is 14.6. The second-order valence-electron chi connectivity index (χ2n) is 7.86. The van der Waals surface area contributed by atoms with E-state index in [0.717, 1.165) is 15.4 Å². The van der Waals surface area contributed by atoms with Gasteiger partial charge in [-0.1, -0.05) is 57.3 Å². The van der Waals surface area contributed by atoms with Gasteiger partial charge in [0.15, 0.2) is 0 Å². The SMILES string of the molecule is O=C1c2cccc3c(Br)ccc(c23)C(=O)N1CCCn1c[n+](Cc2ccc(Cl)cc2Cl)cn1.[Br-]. The minimum Gasteiger partial charge on any atom is -1.00 e. The van der Waals surface area contributed by atoms with Crippen molar-refractivity contribution in [1.29, 1.82) is 0 Å². The molecule has 174 valence electrons. The number of carbonyl (C=O) groups is 2. The van der Waals surface area contributed by atoms with Crippen LogP contribution in [0.2, 0.25) is 10.0 Å². The molecule has 0 unspecified atom stereocenters. The Kier molecular flexibility index (Phi) is 7.42. The second-order valence-corrected chi connectivity index (χ2v) is 9.55. The monoisotopic (exact) mass is 622 g/mol. The maximum absolute atomic E-state index is 13.1. The number of benzene rings is 3. The summed E-state index contributed by atoms with van der Waals surface area (Å²) in [7, 11) is 0. The van der Waals surface area contributed by atoms with Crippen LogP contribution in [0.5, 0.6) is 0 Å². The van der Waals surface area contributed by atoms with E-state index in [1.807, 2.05) is 35.2 Å². The molecule has 0 saturated carbocycles. The molecule has 3 aromatic carbocycles. The first-order valence-corrected chi connectivity index (χ1v) is 11.9. The number of amides is 2. The molecule has 2 heterocycles. The Hall–Kier alpha value is -2.26. The highest BCUT2D eigenvalue weighted by Crippen LogP contribution is 2.34. The van der Waals surface area contributed by atoms with Gasteiger partial charge in [0.2, 0.25) is 6.33 Å². The van der Waals surface area contributed by atoms with E-state index in [0.29, 0.717) is 52.6 Å². The molecule has 4 aromatic rings. The van der Waals surface area contributed by atoms with Crippen molar-refractivity contribution in [3.05, 3.63) is 92.4 Å². The number of hydrogen-bond donors (Lipinski definition) is 0. The van der Waals surface area contributed by atoms with E-state index in [1.54, 1.807) is 35.3 Å². The number of aryl methyl sites for hydroxylation is 1. The fourth-order valence-corrected chi connectivity index (χ4v) is 5.04. The Morgan fingerprint density at radius 3 is 2.50 bits per heavy atom. The van der Waals surface area contributed by atoms with Crippen molar-refractivity contribution in [2.75, 3.05) is 6.54 Å². The van der Waals surface area contributed by atoms with Crippen LogP contribution in [0.3, 0.4) is 0 Å². The van der Waals surface area contributed by atoms with Gasteiger partial charge < -0.3 is 17.0 Å². The molecule has 0 saturated heterocycles. The third-order valence-electron chi connectivity index (χ3n) is 5.71. The molecule has 0 aliphatic carbocycles. The lowest BCUT2D eigenvalue weighted by Crippen LogP contribution is -3.00. The van der Waals surface area contributed by atoms with Crippen LogP contribution in [0.1, 0.15) is 32.7 Å². The number of aromatic nitrogens is 3. The summed E-state index contributed by atoms with van der Waals surface area (Å²) in [4.78, 5) is 27.5. The molecule has 0 bridgehead atoms. The lowest BCUT2D eigenvalue weighted by Gasteiger charge is -2.27. The smallest absolute Gasteiger partial charge is 0.265 e. The van der Waals surface area contributed by atoms with E-state index < -0.39 is 0 Å². The zero-order valence-electron chi connectivity index (χ0n) is 17.7. The molecule has 0 fully saturated rings. The fourth-order valence-electron chi connectivity index (χ4n) is 4.11. The van der Waals surface area contributed by atoms with Crippen LogP contribution in [0.15, 0.2) is 65.7 Å². The molecule has 34 heavy (non-hydrogen) atoms. The van der Waals surface area contributed by atoms with Crippen molar-refractivity contribution in [1.82, 2.24) is 14.7 Å². The zero-order valence-corrected chi connectivity index (χ0v) is 22.4. The fraction of sp³-hybridized carbons (Fsp3) is 0.167. The largest absolute Gasteiger partial charge is 1.00 e. The molecule has 0 N–H and O–H groups in total. The molecule has 1 aromatic heterocycles. The Balaban J connectivity index is 0.00000274. The van der Waals surface area contributed by atoms with Crippen molar-refractivity contribution in [2.45, 2.75) is 19.5 Å². The molecule has 1 aliphatic heterocycles. The van der Waals surface area contributed by atoms with E-state index in [9.17, 15) is 9.59 Å². The quantitative estimate of drug-likeness (QED) is 0.244. The van der Waals surface area contributed by atoms with Gasteiger partial charge in [-0.3, -0.25) is 14.5 Å². The number of carbonyl (C=O) groups excluding carboxylic acids is 2. The molecule has 0 atom stereocenters. The minimum atomic E-state index is -0.260. The summed E-state index contributed by atoms with van der Waals surface area (Å²) < 4.78 is 4.57. The number of hydrogen-bond acceptors (Lipinski definition) is 3. The number of imide groups is 1. The molecule has 6 nitrogen and oxygen atoms in total. The van der Waals surface area contributed by atoms with Gasteiger partial charge in [-0.25, -0.2) is 4.57 Å². The van der Waals surface area contributed by atoms with Gasteiger partial charge in [0, 0.05) is 48.2 Å². The van der Waals surface area contributed by atoms with Crippen LogP contribution in [0.4, 0.5) is 0 Å². The number of rotatable bonds is 6. The highest BCUT2D eigenvalue weighted by atomic mass is 79.9. The lowest BCUT2D eigenvalue weighted by atomic mass is 9.94. The van der Waals surface area contributed by atoms with E-state index >= 15 is 0 Å². The average Bonchev–Trinajstić information content (AvgIpc) is 3.24. The van der Waals surface area contributed by atoms with Crippen LogP contribution in [0, 0.1) is 0 Å². The summed E-state index contributed by atoms with van der Waals surface area (Å²) in [5, 5.41) is 7.16. The molecular weight excluding hydrogens is 607 g/mol. The van der Waals surface area contributed by atoms with E-state index in [4.69, 9.17) is 23.2 Å². The van der Waals surface area contributed by atoms with Crippen LogP contribution in [-0.4, -0.2) is 33.0 Å². The Morgan fingerprint density at radius 1 is 0.971 bits per heavy atom. The van der Waals surface area contributed by atoms with E-state index in [1.165, 1.54) is 4.90 Å². The third-order valence-corrected chi connectivity index (χ3v) is 6.98. The van der Waals surface area contributed by atoms with Crippen molar-refractivity contribution in [3.63, 3.8) is 0 Å². The van der Waals surface area contributed by atoms with Crippen molar-refractivity contribution in [2.24, 2.45) is 0 Å². The Labute approximate surface area is 225 Å². The number of halogens is 4. The van der Waals surface area contributed by atoms with Gasteiger partial charge in [0.05, 0.1) is 6.54 Å². The van der Waals surface area contributed by atoms with Gasteiger partial charge in [-0.05, 0) is 42.1 Å². The van der Waals surface area contributed by atoms with Crippen LogP contribution in [0.25, 0.3) is 10.8 Å². The van der Waals surface area contributed by atoms with Crippen LogP contribution >= 0.6 is 39.1 Å². The molecule has 10 heteroatoms. The first kappa shape index (κ1) is 24.9. The zero-order chi connectivity index (χ0) is 23.1. The summed E-state index contributed by atoms with van der Waals surface area (Å²) in [5.41, 5.74) is 2.05. The Bertz CT molecular complexity index is 1400. The van der Waals surface area contributed by atoms with E-state index in [2.05, 4.69) is 21.0 Å². The maximum atomic E-state index is 13.1. The van der Waals surface area contributed by atoms with Crippen LogP contribution < -0.4 is 21.5 Å². The molecular formula is C24H18Br2Cl2N4O2. The first-order chi connectivity index (χ1) is 15.9. The summed E-state index contributed by atoms with van der Waals surface area (Å²) in [5.74, 6) is -0.520. The molecule has 5 rings (SSSR count). The first-order valence-electron chi connectivity index (χ1n) is 10.4. The van der Waals surface area contributed by atoms with Gasteiger partial charge in [0.1, 0.15) is 6.54 Å².